The number of hydrogen-bond acceptors (Lipinski definition) is 6. The summed E-state index contributed by atoms with van der Waals surface area (Å²) in [5, 5.41) is 4.16. The van der Waals surface area contributed by atoms with Crippen molar-refractivity contribution in [3.63, 3.8) is 0 Å². The summed E-state index contributed by atoms with van der Waals surface area (Å²) in [4.78, 5) is 32.7. The normalized spacial score (nSPS) is 16.0. The van der Waals surface area contributed by atoms with Crippen molar-refractivity contribution in [3.8, 4) is 0 Å². The van der Waals surface area contributed by atoms with Crippen LogP contribution in [0.3, 0.4) is 0 Å². The number of allylic oxidation sites excluding steroid dienone is 1. The number of halogens is 2. The lowest BCUT2D eigenvalue weighted by atomic mass is 9.82. The van der Waals surface area contributed by atoms with Crippen LogP contribution in [0.4, 0.5) is 5.82 Å². The van der Waals surface area contributed by atoms with Gasteiger partial charge < -0.3 is 15.0 Å². The number of esters is 1. The molecule has 0 aliphatic carbocycles. The van der Waals surface area contributed by atoms with Gasteiger partial charge in [0.15, 0.2) is 5.16 Å². The molecular weight excluding hydrogens is 409 g/mol. The number of methoxy groups -OCH3 is 1. The molecule has 2 heterocycles. The molecule has 9 heteroatoms. The minimum Gasteiger partial charge on any atom is -0.466 e. The zero-order valence-electron chi connectivity index (χ0n) is 14.9. The van der Waals surface area contributed by atoms with Gasteiger partial charge in [-0.1, -0.05) is 54.0 Å². The zero-order chi connectivity index (χ0) is 19.7. The number of carbonyl (C=O) groups is 1. The number of H-pyrrole nitrogens is 1. The second kappa shape index (κ2) is 7.96. The van der Waals surface area contributed by atoms with E-state index < -0.39 is 11.9 Å². The predicted octanol–water partition coefficient (Wildman–Crippen LogP) is 4.19. The number of nitrogens with one attached hydrogen (secondary N) is 2. The van der Waals surface area contributed by atoms with Crippen LogP contribution in [0.5, 0.6) is 0 Å². The standard InChI is InChI=1S/C18H17Cl2N3O3S/c1-4-27-18-22-15-13(16(24)23-18)12(9-6-5-7-10(19)14(9)20)11(8(2)21-15)17(25)26-3/h5-7,12H,4H2,1-3H3,(H2,21,22,23,24). The summed E-state index contributed by atoms with van der Waals surface area (Å²) in [6.45, 7) is 3.70. The Morgan fingerprint density at radius 3 is 2.78 bits per heavy atom. The zero-order valence-corrected chi connectivity index (χ0v) is 17.2. The molecule has 1 aromatic heterocycles. The second-order valence-corrected chi connectivity index (χ2v) is 7.84. The number of aromatic nitrogens is 2. The lowest BCUT2D eigenvalue weighted by Gasteiger charge is -2.29. The summed E-state index contributed by atoms with van der Waals surface area (Å²) in [5.41, 5.74) is 1.32. The first-order valence-corrected chi connectivity index (χ1v) is 9.90. The van der Waals surface area contributed by atoms with Crippen LogP contribution in [0.1, 0.15) is 30.9 Å². The molecule has 0 radical (unpaired) electrons. The van der Waals surface area contributed by atoms with E-state index in [4.69, 9.17) is 27.9 Å². The smallest absolute Gasteiger partial charge is 0.336 e. The Morgan fingerprint density at radius 2 is 2.11 bits per heavy atom. The van der Waals surface area contributed by atoms with Crippen LogP contribution in [-0.2, 0) is 9.53 Å². The van der Waals surface area contributed by atoms with E-state index in [1.165, 1.54) is 18.9 Å². The Kier molecular flexibility index (Phi) is 5.83. The molecule has 1 aliphatic rings. The summed E-state index contributed by atoms with van der Waals surface area (Å²) in [6.07, 6.45) is 0. The molecule has 0 bridgehead atoms. The SMILES string of the molecule is CCSc1nc2c(c(=O)[nH]1)C(c1cccc(Cl)c1Cl)C(C(=O)OC)=C(C)N2. The number of nitrogens with zero attached hydrogens (tertiary/aromatic N) is 1. The molecule has 1 unspecified atom stereocenters. The van der Waals surface area contributed by atoms with Gasteiger partial charge in [0.05, 0.1) is 34.2 Å². The van der Waals surface area contributed by atoms with Crippen molar-refractivity contribution >= 4 is 46.8 Å². The van der Waals surface area contributed by atoms with Gasteiger partial charge in [-0.05, 0) is 24.3 Å². The second-order valence-electron chi connectivity index (χ2n) is 5.80. The number of hydrogen-bond donors (Lipinski definition) is 2. The van der Waals surface area contributed by atoms with Crippen LogP contribution in [0, 0.1) is 0 Å². The van der Waals surface area contributed by atoms with Crippen LogP contribution < -0.4 is 10.9 Å². The lowest BCUT2D eigenvalue weighted by molar-refractivity contribution is -0.136. The van der Waals surface area contributed by atoms with Gasteiger partial charge in [0.1, 0.15) is 5.82 Å². The van der Waals surface area contributed by atoms with Crippen LogP contribution >= 0.6 is 35.0 Å². The van der Waals surface area contributed by atoms with Gasteiger partial charge in [0, 0.05) is 5.70 Å². The third-order valence-corrected chi connectivity index (χ3v) is 5.79. The average molecular weight is 426 g/mol. The van der Waals surface area contributed by atoms with Crippen LogP contribution in [0.25, 0.3) is 0 Å². The van der Waals surface area contributed by atoms with Gasteiger partial charge in [-0.3, -0.25) is 4.79 Å². The first kappa shape index (κ1) is 19.8. The number of fused-ring (bicyclic) bond motifs is 1. The Hall–Kier alpha value is -1.96. The molecule has 0 spiro atoms. The minimum atomic E-state index is -0.753. The van der Waals surface area contributed by atoms with E-state index >= 15 is 0 Å². The maximum atomic E-state index is 12.9. The highest BCUT2D eigenvalue weighted by atomic mass is 35.5. The number of thioether (sulfide) groups is 1. The summed E-state index contributed by atoms with van der Waals surface area (Å²) in [5.74, 6) is -0.163. The fourth-order valence-electron chi connectivity index (χ4n) is 3.07. The monoisotopic (exact) mass is 425 g/mol. The first-order valence-electron chi connectivity index (χ1n) is 8.16. The van der Waals surface area contributed by atoms with Gasteiger partial charge in [0.25, 0.3) is 5.56 Å². The number of ether oxygens (including phenoxy) is 1. The molecule has 27 heavy (non-hydrogen) atoms. The summed E-state index contributed by atoms with van der Waals surface area (Å²) >= 11 is 14.0. The molecule has 1 aromatic carbocycles. The number of carbonyl (C=O) groups excluding carboxylic acids is 1. The van der Waals surface area contributed by atoms with E-state index in [0.717, 1.165) is 5.75 Å². The Morgan fingerprint density at radius 1 is 1.37 bits per heavy atom. The topological polar surface area (TPSA) is 84.1 Å². The van der Waals surface area contributed by atoms with Gasteiger partial charge in [0.2, 0.25) is 0 Å². The Labute approximate surface area is 170 Å². The fourth-order valence-corrected chi connectivity index (χ4v) is 4.08. The van der Waals surface area contributed by atoms with Crippen molar-refractivity contribution in [3.05, 3.63) is 61.0 Å². The molecule has 2 N–H and O–H groups in total. The molecule has 142 valence electrons. The Balaban J connectivity index is 2.32. The minimum absolute atomic E-state index is 0.276. The van der Waals surface area contributed by atoms with Gasteiger partial charge in [-0.2, -0.15) is 0 Å². The summed E-state index contributed by atoms with van der Waals surface area (Å²) in [6, 6.07) is 5.10. The molecule has 2 aromatic rings. The maximum absolute atomic E-state index is 12.9. The highest BCUT2D eigenvalue weighted by molar-refractivity contribution is 7.99. The number of rotatable bonds is 4. The Bertz CT molecular complexity index is 1000. The predicted molar refractivity (Wildman–Crippen MR) is 108 cm³/mol. The van der Waals surface area contributed by atoms with Crippen molar-refractivity contribution in [2.45, 2.75) is 24.9 Å². The van der Waals surface area contributed by atoms with Crippen molar-refractivity contribution in [2.75, 3.05) is 18.2 Å². The van der Waals surface area contributed by atoms with Crippen LogP contribution in [0.15, 0.2) is 39.4 Å². The van der Waals surface area contributed by atoms with Crippen molar-refractivity contribution in [1.82, 2.24) is 9.97 Å². The first-order chi connectivity index (χ1) is 12.9. The molecule has 0 fully saturated rings. The molecule has 3 rings (SSSR count). The van der Waals surface area contributed by atoms with E-state index in [0.29, 0.717) is 32.8 Å². The molecule has 1 atom stereocenters. The fraction of sp³-hybridized carbons (Fsp3) is 0.278. The number of benzene rings is 1. The number of anilines is 1. The highest BCUT2D eigenvalue weighted by Crippen LogP contribution is 2.43. The largest absolute Gasteiger partial charge is 0.466 e. The molecule has 0 saturated carbocycles. The van der Waals surface area contributed by atoms with Gasteiger partial charge >= 0.3 is 5.97 Å². The van der Waals surface area contributed by atoms with E-state index in [-0.39, 0.29) is 16.2 Å². The number of aromatic amines is 1. The third-order valence-electron chi connectivity index (χ3n) is 4.20. The highest BCUT2D eigenvalue weighted by Gasteiger charge is 2.37. The quantitative estimate of drug-likeness (QED) is 0.433. The van der Waals surface area contributed by atoms with Crippen LogP contribution in [0.2, 0.25) is 10.0 Å². The van der Waals surface area contributed by atoms with Crippen molar-refractivity contribution in [1.29, 1.82) is 0 Å². The van der Waals surface area contributed by atoms with E-state index in [1.54, 1.807) is 25.1 Å². The average Bonchev–Trinajstić information content (AvgIpc) is 2.62. The van der Waals surface area contributed by atoms with Crippen molar-refractivity contribution in [2.24, 2.45) is 0 Å². The molecule has 0 amide bonds. The van der Waals surface area contributed by atoms with Crippen molar-refractivity contribution < 1.29 is 9.53 Å². The van der Waals surface area contributed by atoms with E-state index in [1.807, 2.05) is 6.92 Å². The van der Waals surface area contributed by atoms with Crippen LogP contribution in [-0.4, -0.2) is 28.8 Å². The summed E-state index contributed by atoms with van der Waals surface area (Å²) in [7, 11) is 1.29. The maximum Gasteiger partial charge on any atom is 0.336 e. The molecule has 6 nitrogen and oxygen atoms in total. The summed E-state index contributed by atoms with van der Waals surface area (Å²) < 4.78 is 4.95. The third kappa shape index (κ3) is 3.59. The van der Waals surface area contributed by atoms with Gasteiger partial charge in [-0.15, -0.1) is 0 Å². The molecule has 0 saturated heterocycles. The van der Waals surface area contributed by atoms with Gasteiger partial charge in [-0.25, -0.2) is 9.78 Å². The molecule has 1 aliphatic heterocycles. The molecular formula is C18H17Cl2N3O3S. The van der Waals surface area contributed by atoms with E-state index in [9.17, 15) is 9.59 Å². The van der Waals surface area contributed by atoms with E-state index in [2.05, 4.69) is 15.3 Å². The lowest BCUT2D eigenvalue weighted by Crippen LogP contribution is -2.31.